The van der Waals surface area contributed by atoms with Gasteiger partial charge in [-0.1, -0.05) is 60.7 Å². The van der Waals surface area contributed by atoms with Crippen molar-refractivity contribution in [2.45, 2.75) is 31.1 Å². The first-order valence-corrected chi connectivity index (χ1v) is 8.15. The molecule has 0 aromatic heterocycles. The van der Waals surface area contributed by atoms with Crippen molar-refractivity contribution in [2.75, 3.05) is 6.54 Å². The Morgan fingerprint density at radius 1 is 0.957 bits per heavy atom. The van der Waals surface area contributed by atoms with E-state index in [2.05, 4.69) is 48.5 Å². The van der Waals surface area contributed by atoms with E-state index in [1.54, 1.807) is 0 Å². The van der Waals surface area contributed by atoms with Gasteiger partial charge in [-0.2, -0.15) is 0 Å². The van der Waals surface area contributed by atoms with E-state index in [-0.39, 0.29) is 11.8 Å². The van der Waals surface area contributed by atoms with E-state index in [9.17, 15) is 9.90 Å². The van der Waals surface area contributed by atoms with Crippen LogP contribution in [0.15, 0.2) is 60.7 Å². The van der Waals surface area contributed by atoms with Crippen LogP contribution in [0.25, 0.3) is 0 Å². The number of carboxylic acids is 1. The van der Waals surface area contributed by atoms with Gasteiger partial charge >= 0.3 is 5.97 Å². The Morgan fingerprint density at radius 3 is 1.74 bits per heavy atom. The largest absolute Gasteiger partial charge is 0.481 e. The molecule has 3 rings (SSSR count). The zero-order chi connectivity index (χ0) is 16.3. The Morgan fingerprint density at radius 2 is 1.39 bits per heavy atom. The molecule has 1 fully saturated rings. The quantitative estimate of drug-likeness (QED) is 0.883. The first kappa shape index (κ1) is 15.8. The molecule has 1 saturated carbocycles. The lowest BCUT2D eigenvalue weighted by molar-refractivity contribution is -0.139. The van der Waals surface area contributed by atoms with Crippen LogP contribution < -0.4 is 5.73 Å². The van der Waals surface area contributed by atoms with Crippen molar-refractivity contribution in [1.29, 1.82) is 0 Å². The SMILES string of the molecule is NCC1(CC(=O)O)C[C@H](c2ccccc2)[C@H](c2ccccc2)C1. The third-order valence-electron chi connectivity index (χ3n) is 5.21. The van der Waals surface area contributed by atoms with E-state index in [0.29, 0.717) is 18.4 Å². The van der Waals surface area contributed by atoms with Crippen molar-refractivity contribution in [3.8, 4) is 0 Å². The summed E-state index contributed by atoms with van der Waals surface area (Å²) in [6, 6.07) is 20.8. The standard InChI is InChI=1S/C20H23NO2/c21-14-20(13-19(22)23)11-17(15-7-3-1-4-8-15)18(12-20)16-9-5-2-6-10-16/h1-10,17-18H,11-14,21H2,(H,22,23)/t17-,18+,20?. The van der Waals surface area contributed by atoms with E-state index < -0.39 is 5.97 Å². The monoisotopic (exact) mass is 309 g/mol. The summed E-state index contributed by atoms with van der Waals surface area (Å²) in [4.78, 5) is 11.4. The second-order valence-electron chi connectivity index (χ2n) is 6.72. The van der Waals surface area contributed by atoms with E-state index in [1.807, 2.05) is 12.1 Å². The molecule has 0 saturated heterocycles. The van der Waals surface area contributed by atoms with E-state index in [1.165, 1.54) is 11.1 Å². The maximum atomic E-state index is 11.4. The Hall–Kier alpha value is -2.13. The van der Waals surface area contributed by atoms with Gasteiger partial charge in [-0.3, -0.25) is 4.79 Å². The Balaban J connectivity index is 1.98. The molecule has 0 radical (unpaired) electrons. The topological polar surface area (TPSA) is 63.3 Å². The van der Waals surface area contributed by atoms with Gasteiger partial charge in [-0.15, -0.1) is 0 Å². The summed E-state index contributed by atoms with van der Waals surface area (Å²) < 4.78 is 0. The first-order chi connectivity index (χ1) is 11.1. The van der Waals surface area contributed by atoms with Gasteiger partial charge in [-0.25, -0.2) is 0 Å². The number of hydrogen-bond acceptors (Lipinski definition) is 2. The molecule has 0 amide bonds. The van der Waals surface area contributed by atoms with Crippen molar-refractivity contribution in [3.63, 3.8) is 0 Å². The van der Waals surface area contributed by atoms with Gasteiger partial charge in [0.2, 0.25) is 0 Å². The zero-order valence-electron chi connectivity index (χ0n) is 13.2. The lowest BCUT2D eigenvalue weighted by Crippen LogP contribution is -2.30. The van der Waals surface area contributed by atoms with Crippen molar-refractivity contribution in [2.24, 2.45) is 11.1 Å². The molecular weight excluding hydrogens is 286 g/mol. The molecule has 120 valence electrons. The van der Waals surface area contributed by atoms with Crippen molar-refractivity contribution >= 4 is 5.97 Å². The van der Waals surface area contributed by atoms with Gasteiger partial charge in [0.15, 0.2) is 0 Å². The summed E-state index contributed by atoms with van der Waals surface area (Å²) in [7, 11) is 0. The molecule has 23 heavy (non-hydrogen) atoms. The minimum Gasteiger partial charge on any atom is -0.481 e. The van der Waals surface area contributed by atoms with Crippen LogP contribution in [0.4, 0.5) is 0 Å². The Kier molecular flexibility index (Phi) is 4.49. The fourth-order valence-corrected chi connectivity index (χ4v) is 4.11. The summed E-state index contributed by atoms with van der Waals surface area (Å²) in [5.74, 6) is -0.112. The van der Waals surface area contributed by atoms with Crippen molar-refractivity contribution in [1.82, 2.24) is 0 Å². The van der Waals surface area contributed by atoms with Crippen molar-refractivity contribution in [3.05, 3.63) is 71.8 Å². The predicted octanol–water partition coefficient (Wildman–Crippen LogP) is 3.77. The molecule has 3 atom stereocenters. The van der Waals surface area contributed by atoms with Crippen LogP contribution in [0.3, 0.4) is 0 Å². The molecule has 2 aromatic carbocycles. The second-order valence-corrected chi connectivity index (χ2v) is 6.72. The fraction of sp³-hybridized carbons (Fsp3) is 0.350. The number of rotatable bonds is 5. The number of carboxylic acid groups (broad SMARTS) is 1. The molecule has 1 aliphatic carbocycles. The normalized spacial score (nSPS) is 27.0. The lowest BCUT2D eigenvalue weighted by Gasteiger charge is -2.25. The molecule has 0 aliphatic heterocycles. The number of hydrogen-bond donors (Lipinski definition) is 2. The highest BCUT2D eigenvalue weighted by Crippen LogP contribution is 2.55. The minimum atomic E-state index is -0.754. The van der Waals surface area contributed by atoms with Gasteiger partial charge in [0.1, 0.15) is 0 Å². The van der Waals surface area contributed by atoms with Gasteiger partial charge in [0, 0.05) is 0 Å². The molecule has 2 aromatic rings. The average Bonchev–Trinajstić information content (AvgIpc) is 2.96. The highest BCUT2D eigenvalue weighted by atomic mass is 16.4. The van der Waals surface area contributed by atoms with Gasteiger partial charge < -0.3 is 10.8 Å². The molecule has 1 aliphatic rings. The lowest BCUT2D eigenvalue weighted by atomic mass is 9.81. The zero-order valence-corrected chi connectivity index (χ0v) is 13.2. The van der Waals surface area contributed by atoms with Crippen LogP contribution in [-0.4, -0.2) is 17.6 Å². The van der Waals surface area contributed by atoms with E-state index in [0.717, 1.165) is 12.8 Å². The maximum Gasteiger partial charge on any atom is 0.303 e. The Bertz CT molecular complexity index is 606. The third kappa shape index (κ3) is 3.30. The van der Waals surface area contributed by atoms with Gasteiger partial charge in [0.25, 0.3) is 0 Å². The molecule has 0 spiro atoms. The highest BCUT2D eigenvalue weighted by molar-refractivity contribution is 5.68. The highest BCUT2D eigenvalue weighted by Gasteiger charge is 2.46. The third-order valence-corrected chi connectivity index (χ3v) is 5.21. The molecule has 3 heteroatoms. The first-order valence-electron chi connectivity index (χ1n) is 8.15. The van der Waals surface area contributed by atoms with Crippen LogP contribution in [0, 0.1) is 5.41 Å². The summed E-state index contributed by atoms with van der Waals surface area (Å²) in [5, 5.41) is 9.33. The molecule has 3 N–H and O–H groups in total. The smallest absolute Gasteiger partial charge is 0.303 e. The molecule has 0 heterocycles. The molecule has 3 nitrogen and oxygen atoms in total. The second kappa shape index (κ2) is 6.55. The van der Waals surface area contributed by atoms with E-state index in [4.69, 9.17) is 5.73 Å². The van der Waals surface area contributed by atoms with Crippen LogP contribution in [0.5, 0.6) is 0 Å². The predicted molar refractivity (Wildman–Crippen MR) is 91.3 cm³/mol. The fourth-order valence-electron chi connectivity index (χ4n) is 4.11. The van der Waals surface area contributed by atoms with Gasteiger partial charge in [0.05, 0.1) is 6.42 Å². The maximum absolute atomic E-state index is 11.4. The van der Waals surface area contributed by atoms with Crippen LogP contribution >= 0.6 is 0 Å². The molecule has 0 bridgehead atoms. The summed E-state index contributed by atoms with van der Waals surface area (Å²) in [5.41, 5.74) is 8.28. The average molecular weight is 309 g/mol. The number of carbonyl (C=O) groups is 1. The van der Waals surface area contributed by atoms with Crippen LogP contribution in [0.1, 0.15) is 42.2 Å². The number of aliphatic carboxylic acids is 1. The number of nitrogens with two attached hydrogens (primary N) is 1. The van der Waals surface area contributed by atoms with Crippen LogP contribution in [-0.2, 0) is 4.79 Å². The number of benzene rings is 2. The molecule has 1 unspecified atom stereocenters. The summed E-state index contributed by atoms with van der Waals surface area (Å²) in [6.45, 7) is 0.423. The van der Waals surface area contributed by atoms with Crippen LogP contribution in [0.2, 0.25) is 0 Å². The van der Waals surface area contributed by atoms with Crippen molar-refractivity contribution < 1.29 is 9.90 Å². The minimum absolute atomic E-state index is 0.149. The summed E-state index contributed by atoms with van der Waals surface area (Å²) >= 11 is 0. The summed E-state index contributed by atoms with van der Waals surface area (Å²) in [6.07, 6.45) is 1.81. The van der Waals surface area contributed by atoms with E-state index >= 15 is 0 Å². The molecular formula is C20H23NO2. The van der Waals surface area contributed by atoms with Gasteiger partial charge in [-0.05, 0) is 47.8 Å². The Labute approximate surface area is 137 Å².